The van der Waals surface area contributed by atoms with Crippen LogP contribution < -0.4 is 119 Å². The molecule has 20 amide bonds. The number of aromatic nitrogens is 3. The predicted molar refractivity (Wildman–Crippen MR) is 539 cm³/mol. The molecule has 6 aromatic rings. The summed E-state index contributed by atoms with van der Waals surface area (Å²) in [6.45, 7) is 9.21. The first-order valence-corrected chi connectivity index (χ1v) is 48.9. The lowest BCUT2D eigenvalue weighted by Gasteiger charge is -2.30. The average Bonchev–Trinajstić information content (AvgIpc) is 1.66. The lowest BCUT2D eigenvalue weighted by molar-refractivity contribution is -0.141. The van der Waals surface area contributed by atoms with E-state index in [1.165, 1.54) is 6.92 Å². The third kappa shape index (κ3) is 39.6. The van der Waals surface area contributed by atoms with Crippen molar-refractivity contribution < 1.29 is 121 Å². The Bertz CT molecular complexity index is 5790. The van der Waals surface area contributed by atoms with Gasteiger partial charge in [-0.15, -0.1) is 0 Å². The van der Waals surface area contributed by atoms with Crippen molar-refractivity contribution in [1.29, 1.82) is 5.41 Å². The summed E-state index contributed by atoms with van der Waals surface area (Å²) in [5.41, 5.74) is 31.2. The number of benzene rings is 3. The number of fused-ring (bicyclic) bond motifs is 3. The number of hydrogen-bond donors (Lipinski definition) is 29. The van der Waals surface area contributed by atoms with Gasteiger partial charge in [0.05, 0.1) is 31.8 Å². The predicted octanol–water partition coefficient (Wildman–Crippen LogP) is -5.69. The number of H-pyrrole nitrogens is 3. The van der Waals surface area contributed by atoms with Crippen molar-refractivity contribution in [3.63, 3.8) is 0 Å². The van der Waals surface area contributed by atoms with Crippen molar-refractivity contribution in [1.82, 2.24) is 110 Å². The lowest BCUT2D eigenvalue weighted by atomic mass is 10.00. The van der Waals surface area contributed by atoms with E-state index in [9.17, 15) is 106 Å². The molecule has 52 nitrogen and oxygen atoms in total. The van der Waals surface area contributed by atoms with Crippen molar-refractivity contribution in [2.45, 2.75) is 262 Å². The summed E-state index contributed by atoms with van der Waals surface area (Å²) in [7, 11) is 0. The molecule has 4 heterocycles. The fourth-order valence-electron chi connectivity index (χ4n) is 16.5. The van der Waals surface area contributed by atoms with E-state index in [-0.39, 0.29) is 89.1 Å². The number of rotatable bonds is 63. The second kappa shape index (κ2) is 58.8. The fraction of sp³-hybridized carbons (Fsp3) is 0.515. The van der Waals surface area contributed by atoms with Crippen LogP contribution in [0.4, 0.5) is 0 Å². The van der Waals surface area contributed by atoms with Crippen molar-refractivity contribution in [2.75, 3.05) is 39.3 Å². The van der Waals surface area contributed by atoms with Gasteiger partial charge >= 0.3 is 11.9 Å². The smallest absolute Gasteiger partial charge is 0.322 e. The molecule has 0 spiro atoms. The van der Waals surface area contributed by atoms with Crippen LogP contribution in [0.5, 0.6) is 0 Å². The number of nitrogens with one attached hydrogen (secondary N) is 21. The molecular formula is C97H139N27O25. The van der Waals surface area contributed by atoms with E-state index in [1.54, 1.807) is 133 Å². The molecule has 3 aromatic carbocycles. The van der Waals surface area contributed by atoms with Gasteiger partial charge in [0.1, 0.15) is 85.1 Å². The molecule has 0 radical (unpaired) electrons. The van der Waals surface area contributed by atoms with Crippen LogP contribution in [0.2, 0.25) is 0 Å². The number of carboxylic acid groups (broad SMARTS) is 2. The van der Waals surface area contributed by atoms with Crippen LogP contribution in [0.1, 0.15) is 168 Å². The van der Waals surface area contributed by atoms with Crippen LogP contribution in [0.3, 0.4) is 0 Å². The number of carbonyl (C=O) groups is 22. The highest BCUT2D eigenvalue weighted by Gasteiger charge is 2.42. The molecule has 34 N–H and O–H groups in total. The number of aromatic amines is 3. The molecule has 1 aliphatic rings. The first-order chi connectivity index (χ1) is 70.4. The molecule has 1 saturated heterocycles. The maximum atomic E-state index is 15.2. The van der Waals surface area contributed by atoms with Crippen LogP contribution in [-0.2, 0) is 125 Å². The third-order valence-electron chi connectivity index (χ3n) is 24.1. The number of carbonyl (C=O) groups excluding carboxylic acids is 20. The molecule has 149 heavy (non-hydrogen) atoms. The summed E-state index contributed by atoms with van der Waals surface area (Å²) >= 11 is 0. The molecule has 7 rings (SSSR count). The SMILES string of the molecule is CC(C)C[C@H](NC(=O)[C@H](C)N)C(=O)N[C@@H](CCC(N)=O)C(=O)N[C@@H](CCC(=O)O)C(=O)NCC(=O)N1CCC[C@H]1C(=O)N[C@H](C(=O)N[C@@H](CC(C)C)C(=O)N[C@@H](CCCNC(=N)N)C(=O)N[C@@H](CCC(N)=O)C(=O)N[C@@H](Cc1c[nH]c2ccccc12)C(=O)N[C@@H](CC(C)C)C(=O)NCC(=O)N[C@@H](Cc1c[nH]c2ccccc12)C(=O)NCC(=O)N[C@@H](CCC(N)=O)C(=O)N[C@@H](Cc1c[nH]c2ccccc12)C(=O)NCC(=O)O)[C@@H](C)O. The Morgan fingerprint density at radius 2 is 0.685 bits per heavy atom. The normalized spacial score (nSPS) is 15.1. The van der Waals surface area contributed by atoms with Crippen LogP contribution >= 0.6 is 0 Å². The summed E-state index contributed by atoms with van der Waals surface area (Å²) in [6, 6.07) is -0.688. The van der Waals surface area contributed by atoms with Crippen LogP contribution in [0.25, 0.3) is 32.7 Å². The van der Waals surface area contributed by atoms with Gasteiger partial charge in [-0.2, -0.15) is 0 Å². The minimum absolute atomic E-state index is 0.0311. The second-order valence-electron chi connectivity index (χ2n) is 37.8. The molecule has 812 valence electrons. The van der Waals surface area contributed by atoms with Crippen molar-refractivity contribution in [3.8, 4) is 0 Å². The number of nitrogens with zero attached hydrogens (tertiary/aromatic N) is 1. The zero-order valence-corrected chi connectivity index (χ0v) is 84.2. The number of aliphatic hydroxyl groups excluding tert-OH is 1. The third-order valence-corrected chi connectivity index (χ3v) is 24.1. The maximum Gasteiger partial charge on any atom is 0.322 e. The second-order valence-corrected chi connectivity index (χ2v) is 37.8. The Hall–Kier alpha value is -16.2. The molecule has 0 saturated carbocycles. The van der Waals surface area contributed by atoms with Gasteiger partial charge in [0.25, 0.3) is 0 Å². The standard InChI is InChI=1S/C97H139N27O25/c1-48(2)35-67(85(138)108-45-78(130)113-70(38-53-41-105-59-20-12-9-17-56(53)59)86(139)109-44-77(129)112-64(25-29-74(99)126)89(142)120-71(87(140)111-47-81(134)135)39-54-42-106-60-21-13-10-18-57(54)60)119-94(147)72(40-55-43-107-61-22-14-11-19-58(55)61)121-91(144)66(27-31-76(101)128)116-88(141)62(23-15-33-104-97(102)103)114-93(146)69(37-50(5)6)122-96(149)82(52(8)125)123-95(148)73-24-16-34-124(73)79(131)46-110-84(137)63(28-32-80(132)133)115-90(143)65(26-30-75(100)127)117-92(145)68(36-49(3)4)118-83(136)51(7)98/h9-14,17-22,41-43,48-52,62-73,82,105-107,125H,15-16,23-40,44-47,98H2,1-8H3,(H2,99,126)(H2,100,127)(H2,101,128)(H,108,138)(H,109,139)(H,110,137)(H,111,140)(H,112,129)(H,113,130)(H,114,146)(H,115,143)(H,116,141)(H,117,145)(H,118,136)(H,119,147)(H,120,142)(H,121,144)(H,122,149)(H,123,148)(H,132,133)(H,134,135)(H4,102,103,104)/t51-,52+,62-,63-,64-,65-,66-,67-,68-,69-,70-,71-,72-,73-,82-/m0/s1. The Morgan fingerprint density at radius 1 is 0.369 bits per heavy atom. The number of likely N-dealkylation sites (tertiary alicyclic amines) is 1. The van der Waals surface area contributed by atoms with E-state index < -0.39 is 310 Å². The lowest BCUT2D eigenvalue weighted by Crippen LogP contribution is -2.61. The number of amides is 20. The molecule has 0 bridgehead atoms. The molecular weight excluding hydrogens is 1940 g/mol. The van der Waals surface area contributed by atoms with E-state index in [0.717, 1.165) is 11.8 Å². The molecule has 1 aliphatic heterocycles. The molecule has 52 heteroatoms. The monoisotopic (exact) mass is 2080 g/mol. The molecule has 0 aliphatic carbocycles. The highest BCUT2D eigenvalue weighted by atomic mass is 16.4. The minimum Gasteiger partial charge on any atom is -0.481 e. The fourth-order valence-corrected chi connectivity index (χ4v) is 16.5. The van der Waals surface area contributed by atoms with Gasteiger partial charge in [-0.05, 0) is 137 Å². The van der Waals surface area contributed by atoms with E-state index in [0.29, 0.717) is 49.4 Å². The number of primary amides is 3. The summed E-state index contributed by atoms with van der Waals surface area (Å²) in [5, 5.41) is 82.3. The average molecular weight is 2080 g/mol. The van der Waals surface area contributed by atoms with Crippen LogP contribution in [0.15, 0.2) is 91.4 Å². The Morgan fingerprint density at radius 3 is 1.08 bits per heavy atom. The Labute approximate surface area is 856 Å². The van der Waals surface area contributed by atoms with Gasteiger partial charge in [-0.3, -0.25) is 111 Å². The number of guanidine groups is 1. The number of aliphatic carboxylic acids is 2. The van der Waals surface area contributed by atoms with Crippen molar-refractivity contribution in [3.05, 3.63) is 108 Å². The Kier molecular flexibility index (Phi) is 47.3. The number of aliphatic hydroxyl groups is 1. The summed E-state index contributed by atoms with van der Waals surface area (Å²) < 4.78 is 0. The number of hydrogen-bond acceptors (Lipinski definition) is 25. The summed E-state index contributed by atoms with van der Waals surface area (Å²) in [6.07, 6.45) is -2.31. The van der Waals surface area contributed by atoms with Gasteiger partial charge in [0.15, 0.2) is 5.96 Å². The highest BCUT2D eigenvalue weighted by molar-refractivity contribution is 6.03. The van der Waals surface area contributed by atoms with Gasteiger partial charge in [0, 0.05) is 109 Å². The first kappa shape index (κ1) is 120. The quantitative estimate of drug-likeness (QED) is 0.00961. The molecule has 15 atom stereocenters. The minimum atomic E-state index is -1.87. The largest absolute Gasteiger partial charge is 0.481 e. The Balaban J connectivity index is 1.05. The highest BCUT2D eigenvalue weighted by Crippen LogP contribution is 2.25. The van der Waals surface area contributed by atoms with E-state index >= 15 is 14.4 Å². The molecule has 3 aromatic heterocycles. The van der Waals surface area contributed by atoms with Gasteiger partial charge in [-0.1, -0.05) is 96.1 Å². The topological polar surface area (TPSA) is 845 Å². The van der Waals surface area contributed by atoms with Gasteiger partial charge in [-0.25, -0.2) is 0 Å². The molecule has 0 unspecified atom stereocenters. The number of carboxylic acids is 2. The van der Waals surface area contributed by atoms with Gasteiger partial charge < -0.3 is 154 Å². The number of para-hydroxylation sites is 3. The van der Waals surface area contributed by atoms with Crippen LogP contribution in [0, 0.1) is 23.2 Å². The maximum absolute atomic E-state index is 15.2. The van der Waals surface area contributed by atoms with E-state index in [2.05, 4.69) is 105 Å². The zero-order chi connectivity index (χ0) is 110. The summed E-state index contributed by atoms with van der Waals surface area (Å²) in [5.74, 6) is -23.8. The van der Waals surface area contributed by atoms with Gasteiger partial charge in [0.2, 0.25) is 118 Å². The van der Waals surface area contributed by atoms with Crippen molar-refractivity contribution in [2.24, 2.45) is 46.4 Å². The van der Waals surface area contributed by atoms with E-state index in [1.807, 2.05) is 0 Å². The summed E-state index contributed by atoms with van der Waals surface area (Å²) in [4.78, 5) is 312. The van der Waals surface area contributed by atoms with E-state index in [4.69, 9.17) is 34.1 Å². The number of nitrogens with two attached hydrogens (primary N) is 5. The molecule has 1 fully saturated rings. The first-order valence-electron chi connectivity index (χ1n) is 48.9. The van der Waals surface area contributed by atoms with Crippen LogP contribution in [-0.4, -0.2) is 301 Å². The zero-order valence-electron chi connectivity index (χ0n) is 84.2. The van der Waals surface area contributed by atoms with Crippen molar-refractivity contribution >= 4 is 169 Å².